The van der Waals surface area contributed by atoms with Crippen LogP contribution in [0.15, 0.2) is 54.6 Å². The second-order valence-corrected chi connectivity index (χ2v) is 3.93. The molecule has 0 amide bonds. The minimum atomic E-state index is -0.571. The van der Waals surface area contributed by atoms with Crippen LogP contribution in [0.1, 0.15) is 23.3 Å². The average Bonchev–Trinajstić information content (AvgIpc) is 2.69. The summed E-state index contributed by atoms with van der Waals surface area (Å²) in [6, 6.07) is 17.4. The number of para-hydroxylation sites is 1. The van der Waals surface area contributed by atoms with E-state index in [0.717, 1.165) is 16.9 Å². The van der Waals surface area contributed by atoms with E-state index >= 15 is 0 Å². The summed E-state index contributed by atoms with van der Waals surface area (Å²) in [7, 11) is 0. The average molecular weight is 212 g/mol. The SMILES string of the molecule is O[C@@H]1c2ccccc2O[C@H]1c1ccccc1. The van der Waals surface area contributed by atoms with Gasteiger partial charge in [0.15, 0.2) is 6.10 Å². The topological polar surface area (TPSA) is 29.5 Å². The maximum absolute atomic E-state index is 10.2. The van der Waals surface area contributed by atoms with E-state index in [0.29, 0.717) is 0 Å². The molecule has 0 aromatic heterocycles. The van der Waals surface area contributed by atoms with E-state index in [2.05, 4.69) is 0 Å². The van der Waals surface area contributed by atoms with Gasteiger partial charge in [-0.15, -0.1) is 0 Å². The number of ether oxygens (including phenoxy) is 1. The van der Waals surface area contributed by atoms with Gasteiger partial charge in [-0.05, 0) is 11.6 Å². The van der Waals surface area contributed by atoms with Crippen molar-refractivity contribution in [3.63, 3.8) is 0 Å². The number of benzene rings is 2. The number of aliphatic hydroxyl groups is 1. The zero-order valence-electron chi connectivity index (χ0n) is 8.71. The van der Waals surface area contributed by atoms with Crippen molar-refractivity contribution < 1.29 is 9.84 Å². The Hall–Kier alpha value is -1.80. The van der Waals surface area contributed by atoms with Crippen LogP contribution in [0, 0.1) is 0 Å². The van der Waals surface area contributed by atoms with Crippen LogP contribution in [-0.4, -0.2) is 5.11 Å². The predicted octanol–water partition coefficient (Wildman–Crippen LogP) is 2.85. The highest BCUT2D eigenvalue weighted by Crippen LogP contribution is 2.43. The Balaban J connectivity index is 1.99. The molecule has 16 heavy (non-hydrogen) atoms. The molecule has 2 heteroatoms. The summed E-state index contributed by atoms with van der Waals surface area (Å²) in [4.78, 5) is 0. The first-order valence-electron chi connectivity index (χ1n) is 5.35. The Kier molecular flexibility index (Phi) is 2.15. The lowest BCUT2D eigenvalue weighted by Gasteiger charge is -2.14. The zero-order valence-corrected chi connectivity index (χ0v) is 8.71. The maximum atomic E-state index is 10.2. The lowest BCUT2D eigenvalue weighted by Crippen LogP contribution is -2.08. The minimum Gasteiger partial charge on any atom is -0.482 e. The van der Waals surface area contributed by atoms with Crippen LogP contribution in [-0.2, 0) is 0 Å². The van der Waals surface area contributed by atoms with Crippen molar-refractivity contribution in [1.82, 2.24) is 0 Å². The van der Waals surface area contributed by atoms with E-state index in [1.54, 1.807) is 0 Å². The first-order chi connectivity index (χ1) is 7.86. The molecule has 3 rings (SSSR count). The van der Waals surface area contributed by atoms with E-state index in [9.17, 15) is 5.11 Å². The van der Waals surface area contributed by atoms with Crippen LogP contribution in [0.3, 0.4) is 0 Å². The summed E-state index contributed by atoms with van der Waals surface area (Å²) in [5, 5.41) is 10.2. The van der Waals surface area contributed by atoms with Gasteiger partial charge in [0.25, 0.3) is 0 Å². The Bertz CT molecular complexity index is 493. The van der Waals surface area contributed by atoms with Gasteiger partial charge in [0.2, 0.25) is 0 Å². The Morgan fingerprint density at radius 2 is 1.56 bits per heavy atom. The van der Waals surface area contributed by atoms with Crippen LogP contribution in [0.4, 0.5) is 0 Å². The van der Waals surface area contributed by atoms with Gasteiger partial charge in [0.05, 0.1) is 0 Å². The first kappa shape index (κ1) is 9.43. The molecule has 2 aromatic carbocycles. The van der Waals surface area contributed by atoms with Gasteiger partial charge >= 0.3 is 0 Å². The largest absolute Gasteiger partial charge is 0.482 e. The Labute approximate surface area is 94.1 Å². The van der Waals surface area contributed by atoms with E-state index < -0.39 is 6.10 Å². The lowest BCUT2D eigenvalue weighted by molar-refractivity contribution is 0.0674. The molecule has 0 unspecified atom stereocenters. The normalized spacial score (nSPS) is 22.6. The molecule has 0 aliphatic carbocycles. The molecule has 2 nitrogen and oxygen atoms in total. The summed E-state index contributed by atoms with van der Waals surface area (Å²) in [6.45, 7) is 0. The second-order valence-electron chi connectivity index (χ2n) is 3.93. The quantitative estimate of drug-likeness (QED) is 0.787. The van der Waals surface area contributed by atoms with Crippen molar-refractivity contribution in [2.45, 2.75) is 12.2 Å². The molecular formula is C14H12O2. The van der Waals surface area contributed by atoms with Crippen LogP contribution in [0.25, 0.3) is 0 Å². The van der Waals surface area contributed by atoms with Gasteiger partial charge in [0, 0.05) is 5.56 Å². The summed E-state index contributed by atoms with van der Waals surface area (Å²) in [5.74, 6) is 0.781. The molecule has 1 N–H and O–H groups in total. The molecule has 0 saturated carbocycles. The van der Waals surface area contributed by atoms with Crippen LogP contribution in [0.2, 0.25) is 0 Å². The number of hydrogen-bond acceptors (Lipinski definition) is 2. The molecule has 1 aliphatic rings. The molecule has 2 aromatic rings. The fourth-order valence-corrected chi connectivity index (χ4v) is 2.09. The maximum Gasteiger partial charge on any atom is 0.154 e. The summed E-state index contributed by atoms with van der Waals surface area (Å²) < 4.78 is 5.76. The molecule has 0 bridgehead atoms. The third-order valence-corrected chi connectivity index (χ3v) is 2.91. The third-order valence-electron chi connectivity index (χ3n) is 2.91. The molecule has 1 heterocycles. The highest BCUT2D eigenvalue weighted by molar-refractivity contribution is 5.41. The lowest BCUT2D eigenvalue weighted by atomic mass is 10.0. The third kappa shape index (κ3) is 1.39. The standard InChI is InChI=1S/C14H12O2/c15-13-11-8-4-5-9-12(11)16-14(13)10-6-2-1-3-7-10/h1-9,13-15H/t13-,14+/m1/s1. The van der Waals surface area contributed by atoms with Crippen molar-refractivity contribution in [3.8, 4) is 5.75 Å². The minimum absolute atomic E-state index is 0.279. The molecular weight excluding hydrogens is 200 g/mol. The van der Waals surface area contributed by atoms with E-state index in [1.165, 1.54) is 0 Å². The molecule has 0 spiro atoms. The Morgan fingerprint density at radius 3 is 2.31 bits per heavy atom. The first-order valence-corrected chi connectivity index (χ1v) is 5.35. The fourth-order valence-electron chi connectivity index (χ4n) is 2.09. The number of hydrogen-bond donors (Lipinski definition) is 1. The molecule has 1 aliphatic heterocycles. The van der Waals surface area contributed by atoms with Crippen LogP contribution >= 0.6 is 0 Å². The number of fused-ring (bicyclic) bond motifs is 1. The van der Waals surface area contributed by atoms with Crippen molar-refractivity contribution in [2.24, 2.45) is 0 Å². The molecule has 80 valence electrons. The van der Waals surface area contributed by atoms with Crippen LogP contribution < -0.4 is 4.74 Å². The molecule has 0 fully saturated rings. The highest BCUT2D eigenvalue weighted by atomic mass is 16.5. The summed E-state index contributed by atoms with van der Waals surface area (Å²) >= 11 is 0. The van der Waals surface area contributed by atoms with Gasteiger partial charge in [-0.3, -0.25) is 0 Å². The van der Waals surface area contributed by atoms with Crippen molar-refractivity contribution in [2.75, 3.05) is 0 Å². The van der Waals surface area contributed by atoms with Crippen molar-refractivity contribution in [1.29, 1.82) is 0 Å². The summed E-state index contributed by atoms with van der Waals surface area (Å²) in [6.07, 6.45) is -0.850. The zero-order chi connectivity index (χ0) is 11.0. The van der Waals surface area contributed by atoms with Crippen molar-refractivity contribution >= 4 is 0 Å². The molecule has 0 radical (unpaired) electrons. The van der Waals surface area contributed by atoms with Crippen molar-refractivity contribution in [3.05, 3.63) is 65.7 Å². The van der Waals surface area contributed by atoms with Crippen LogP contribution in [0.5, 0.6) is 5.75 Å². The molecule has 0 saturated heterocycles. The highest BCUT2D eigenvalue weighted by Gasteiger charge is 2.33. The van der Waals surface area contributed by atoms with Gasteiger partial charge in [-0.25, -0.2) is 0 Å². The smallest absolute Gasteiger partial charge is 0.154 e. The van der Waals surface area contributed by atoms with E-state index in [-0.39, 0.29) is 6.10 Å². The van der Waals surface area contributed by atoms with Gasteiger partial charge in [0.1, 0.15) is 11.9 Å². The molecule has 2 atom stereocenters. The van der Waals surface area contributed by atoms with Gasteiger partial charge < -0.3 is 9.84 Å². The second kappa shape index (κ2) is 3.65. The number of rotatable bonds is 1. The Morgan fingerprint density at radius 1 is 0.875 bits per heavy atom. The van der Waals surface area contributed by atoms with E-state index in [4.69, 9.17) is 4.74 Å². The fraction of sp³-hybridized carbons (Fsp3) is 0.143. The summed E-state index contributed by atoms with van der Waals surface area (Å²) in [5.41, 5.74) is 1.88. The van der Waals surface area contributed by atoms with Gasteiger partial charge in [-0.2, -0.15) is 0 Å². The number of aliphatic hydroxyl groups excluding tert-OH is 1. The monoisotopic (exact) mass is 212 g/mol. The van der Waals surface area contributed by atoms with Gasteiger partial charge in [-0.1, -0.05) is 48.5 Å². The predicted molar refractivity (Wildman–Crippen MR) is 61.2 cm³/mol. The van der Waals surface area contributed by atoms with E-state index in [1.807, 2.05) is 54.6 Å².